The van der Waals surface area contributed by atoms with Gasteiger partial charge in [0.25, 0.3) is 6.01 Å². The second-order valence-corrected chi connectivity index (χ2v) is 8.20. The van der Waals surface area contributed by atoms with Gasteiger partial charge < -0.3 is 24.5 Å². The number of amides is 1. The summed E-state index contributed by atoms with van der Waals surface area (Å²) >= 11 is 0. The summed E-state index contributed by atoms with van der Waals surface area (Å²) in [4.78, 5) is 20.4. The molecule has 2 aromatic heterocycles. The summed E-state index contributed by atoms with van der Waals surface area (Å²) in [5.74, 6) is 0.622. The van der Waals surface area contributed by atoms with Crippen molar-refractivity contribution in [3.8, 4) is 5.75 Å². The molecule has 0 saturated carbocycles. The third kappa shape index (κ3) is 7.02. The number of carbonyl (C=O) groups excluding carboxylic acids is 1. The topological polar surface area (TPSA) is 98.5 Å². The zero-order valence-electron chi connectivity index (χ0n) is 18.3. The minimum absolute atomic E-state index is 0.251. The quantitative estimate of drug-likeness (QED) is 0.510. The van der Waals surface area contributed by atoms with Crippen molar-refractivity contribution in [2.75, 3.05) is 18.5 Å². The van der Waals surface area contributed by atoms with Gasteiger partial charge >= 0.3 is 6.09 Å². The summed E-state index contributed by atoms with van der Waals surface area (Å²) in [6.07, 6.45) is 1.33. The summed E-state index contributed by atoms with van der Waals surface area (Å²) < 4.78 is 16.7. The average molecular weight is 425 g/mol. The second kappa shape index (κ2) is 9.51. The van der Waals surface area contributed by atoms with E-state index < -0.39 is 11.7 Å². The van der Waals surface area contributed by atoms with Crippen LogP contribution in [0.4, 0.5) is 10.8 Å². The SMILES string of the molecule is C=C(CNC(=O)OC(C)(C)C)COc1ccc2nc(NCc3ccc(C)nc3)oc2c1. The number of aryl methyl sites for hydroxylation is 1. The minimum Gasteiger partial charge on any atom is -0.489 e. The van der Waals surface area contributed by atoms with Crippen LogP contribution in [-0.2, 0) is 11.3 Å². The summed E-state index contributed by atoms with van der Waals surface area (Å²) in [6.45, 7) is 12.4. The predicted octanol–water partition coefficient (Wildman–Crippen LogP) is 4.60. The van der Waals surface area contributed by atoms with Crippen LogP contribution in [0.2, 0.25) is 0 Å². The molecule has 1 amide bonds. The van der Waals surface area contributed by atoms with Crippen molar-refractivity contribution in [3.05, 3.63) is 59.9 Å². The van der Waals surface area contributed by atoms with Crippen LogP contribution in [0.15, 0.2) is 53.1 Å². The zero-order valence-corrected chi connectivity index (χ0v) is 18.3. The van der Waals surface area contributed by atoms with Gasteiger partial charge in [-0.25, -0.2) is 4.79 Å². The lowest BCUT2D eigenvalue weighted by Gasteiger charge is -2.20. The Labute approximate surface area is 181 Å². The van der Waals surface area contributed by atoms with Crippen LogP contribution < -0.4 is 15.4 Å². The number of anilines is 1. The van der Waals surface area contributed by atoms with E-state index in [4.69, 9.17) is 13.9 Å². The fourth-order valence-corrected chi connectivity index (χ4v) is 2.60. The van der Waals surface area contributed by atoms with Crippen LogP contribution in [-0.4, -0.2) is 34.8 Å². The first-order valence-electron chi connectivity index (χ1n) is 10.0. The average Bonchev–Trinajstić information content (AvgIpc) is 3.11. The van der Waals surface area contributed by atoms with Gasteiger partial charge in [0.1, 0.15) is 23.5 Å². The van der Waals surface area contributed by atoms with Gasteiger partial charge in [-0.3, -0.25) is 4.98 Å². The smallest absolute Gasteiger partial charge is 0.407 e. The fraction of sp³-hybridized carbons (Fsp3) is 0.348. The van der Waals surface area contributed by atoms with Crippen molar-refractivity contribution in [3.63, 3.8) is 0 Å². The Hall–Kier alpha value is -3.55. The first-order valence-corrected chi connectivity index (χ1v) is 10.0. The van der Waals surface area contributed by atoms with Gasteiger partial charge in [-0.15, -0.1) is 0 Å². The third-order valence-electron chi connectivity index (χ3n) is 4.10. The molecule has 1 aromatic carbocycles. The Bertz CT molecular complexity index is 1050. The molecule has 0 aliphatic heterocycles. The van der Waals surface area contributed by atoms with E-state index in [-0.39, 0.29) is 13.2 Å². The maximum atomic E-state index is 11.7. The Morgan fingerprint density at radius 3 is 2.74 bits per heavy atom. The molecule has 0 spiro atoms. The van der Waals surface area contributed by atoms with E-state index in [1.165, 1.54) is 0 Å². The maximum Gasteiger partial charge on any atom is 0.407 e. The molecule has 31 heavy (non-hydrogen) atoms. The van der Waals surface area contributed by atoms with E-state index in [0.717, 1.165) is 16.8 Å². The van der Waals surface area contributed by atoms with Gasteiger partial charge in [-0.05, 0) is 57.0 Å². The van der Waals surface area contributed by atoms with Crippen molar-refractivity contribution in [1.82, 2.24) is 15.3 Å². The number of hydrogen-bond donors (Lipinski definition) is 2. The number of nitrogens with one attached hydrogen (secondary N) is 2. The number of aromatic nitrogens is 2. The molecule has 0 radical (unpaired) electrons. The Morgan fingerprint density at radius 2 is 2.03 bits per heavy atom. The van der Waals surface area contributed by atoms with E-state index in [1.54, 1.807) is 6.07 Å². The van der Waals surface area contributed by atoms with E-state index in [2.05, 4.69) is 27.2 Å². The van der Waals surface area contributed by atoms with Crippen molar-refractivity contribution < 1.29 is 18.7 Å². The van der Waals surface area contributed by atoms with Crippen LogP contribution >= 0.6 is 0 Å². The van der Waals surface area contributed by atoms with Crippen LogP contribution in [0.5, 0.6) is 5.75 Å². The highest BCUT2D eigenvalue weighted by atomic mass is 16.6. The third-order valence-corrected chi connectivity index (χ3v) is 4.10. The summed E-state index contributed by atoms with van der Waals surface area (Å²) in [6, 6.07) is 9.81. The van der Waals surface area contributed by atoms with Crippen molar-refractivity contribution in [2.45, 2.75) is 39.8 Å². The molecule has 0 atom stereocenters. The van der Waals surface area contributed by atoms with Crippen molar-refractivity contribution in [1.29, 1.82) is 0 Å². The molecule has 0 fully saturated rings. The van der Waals surface area contributed by atoms with E-state index >= 15 is 0 Å². The summed E-state index contributed by atoms with van der Waals surface area (Å²) in [7, 11) is 0. The first-order chi connectivity index (χ1) is 14.7. The number of rotatable bonds is 8. The first kappa shape index (κ1) is 22.1. The number of ether oxygens (including phenoxy) is 2. The van der Waals surface area contributed by atoms with Crippen LogP contribution in [0.25, 0.3) is 11.1 Å². The largest absolute Gasteiger partial charge is 0.489 e. The van der Waals surface area contributed by atoms with Crippen LogP contribution in [0.3, 0.4) is 0 Å². The van der Waals surface area contributed by atoms with Gasteiger partial charge in [0, 0.05) is 31.0 Å². The molecule has 0 saturated heterocycles. The molecule has 164 valence electrons. The fourth-order valence-electron chi connectivity index (χ4n) is 2.60. The minimum atomic E-state index is -0.543. The normalized spacial score (nSPS) is 11.2. The summed E-state index contributed by atoms with van der Waals surface area (Å²) in [5, 5.41) is 5.81. The molecule has 3 aromatic rings. The van der Waals surface area contributed by atoms with Crippen LogP contribution in [0.1, 0.15) is 32.0 Å². The molecule has 8 heteroatoms. The molecule has 0 bridgehead atoms. The van der Waals surface area contributed by atoms with Gasteiger partial charge in [-0.1, -0.05) is 12.6 Å². The molecule has 0 aliphatic carbocycles. The van der Waals surface area contributed by atoms with E-state index in [1.807, 2.05) is 58.2 Å². The Morgan fingerprint density at radius 1 is 1.23 bits per heavy atom. The molecule has 2 heterocycles. The van der Waals surface area contributed by atoms with Crippen molar-refractivity contribution >= 4 is 23.2 Å². The number of hydrogen-bond acceptors (Lipinski definition) is 7. The summed E-state index contributed by atoms with van der Waals surface area (Å²) in [5.41, 5.74) is 3.51. The number of alkyl carbamates (subject to hydrolysis) is 1. The van der Waals surface area contributed by atoms with Gasteiger partial charge in [0.05, 0.1) is 0 Å². The molecule has 3 rings (SSSR count). The molecular weight excluding hydrogens is 396 g/mol. The molecular formula is C23H28N4O4. The lowest BCUT2D eigenvalue weighted by atomic mass is 10.2. The number of fused-ring (bicyclic) bond motifs is 1. The second-order valence-electron chi connectivity index (χ2n) is 8.20. The molecule has 2 N–H and O–H groups in total. The van der Waals surface area contributed by atoms with Crippen molar-refractivity contribution in [2.24, 2.45) is 0 Å². The highest BCUT2D eigenvalue weighted by Gasteiger charge is 2.16. The number of nitrogens with zero attached hydrogens (tertiary/aromatic N) is 2. The molecule has 8 nitrogen and oxygen atoms in total. The number of benzene rings is 1. The standard InChI is InChI=1S/C23H28N4O4/c1-15(11-26-22(28)31-23(3,4)5)14-29-18-8-9-19-20(10-18)30-21(27-19)25-13-17-7-6-16(2)24-12-17/h6-10,12H,1,11,13-14H2,2-5H3,(H,25,27)(H,26,28). The highest BCUT2D eigenvalue weighted by molar-refractivity contribution is 5.76. The van der Waals surface area contributed by atoms with Gasteiger partial charge in [0.2, 0.25) is 0 Å². The zero-order chi connectivity index (χ0) is 22.4. The number of pyridine rings is 1. The maximum absolute atomic E-state index is 11.7. The van der Waals surface area contributed by atoms with E-state index in [9.17, 15) is 4.79 Å². The Kier molecular flexibility index (Phi) is 6.79. The number of oxazole rings is 1. The number of carbonyl (C=O) groups is 1. The highest BCUT2D eigenvalue weighted by Crippen LogP contribution is 2.24. The predicted molar refractivity (Wildman–Crippen MR) is 119 cm³/mol. The van der Waals surface area contributed by atoms with Gasteiger partial charge in [0.15, 0.2) is 5.58 Å². The lowest BCUT2D eigenvalue weighted by Crippen LogP contribution is -2.34. The monoisotopic (exact) mass is 424 g/mol. The van der Waals surface area contributed by atoms with Gasteiger partial charge in [-0.2, -0.15) is 4.98 Å². The molecule has 0 unspecified atom stereocenters. The van der Waals surface area contributed by atoms with E-state index in [0.29, 0.717) is 29.5 Å². The Balaban J connectivity index is 1.49. The lowest BCUT2D eigenvalue weighted by molar-refractivity contribution is 0.0532. The molecule has 0 aliphatic rings. The van der Waals surface area contributed by atoms with Crippen LogP contribution in [0, 0.1) is 6.92 Å².